The zero-order valence-corrected chi connectivity index (χ0v) is 26.1. The zero-order chi connectivity index (χ0) is 29.9. The van der Waals surface area contributed by atoms with Gasteiger partial charge in [-0.05, 0) is 0 Å². The molecule has 0 aromatic carbocycles. The number of rotatable bonds is 0. The van der Waals surface area contributed by atoms with Crippen molar-refractivity contribution in [1.82, 2.24) is 0 Å². The van der Waals surface area contributed by atoms with E-state index in [9.17, 15) is 26.3 Å². The van der Waals surface area contributed by atoms with Crippen molar-refractivity contribution in [2.45, 2.75) is 80.3 Å². The second-order valence-electron chi connectivity index (χ2n) is 9.05. The summed E-state index contributed by atoms with van der Waals surface area (Å²) in [4.78, 5) is 0. The standard InChI is InChI=1S/2C10H15.2CHF3O3S.Zr/c2*1-7-6-10(4,5)9(3)8(7)2;2*2-1(3,4)8(5,6)7;/h2*1-5H3;2*(H,5,6,7);/q2*-1;;;+4/p-2. The van der Waals surface area contributed by atoms with Crippen molar-refractivity contribution in [1.29, 1.82) is 0 Å². The van der Waals surface area contributed by atoms with Gasteiger partial charge in [0.2, 0.25) is 0 Å². The zero-order valence-electron chi connectivity index (χ0n) is 22.0. The van der Waals surface area contributed by atoms with E-state index >= 15 is 0 Å². The summed E-state index contributed by atoms with van der Waals surface area (Å²) in [7, 11) is -12.2. The van der Waals surface area contributed by atoms with Crippen molar-refractivity contribution < 1.29 is 78.5 Å². The van der Waals surface area contributed by atoms with E-state index in [0.29, 0.717) is 0 Å². The smallest absolute Gasteiger partial charge is 0.741 e. The maximum absolute atomic E-state index is 10.7. The molecule has 0 heterocycles. The van der Waals surface area contributed by atoms with Crippen LogP contribution >= 0.6 is 0 Å². The largest absolute Gasteiger partial charge is 4.00 e. The van der Waals surface area contributed by atoms with Crippen molar-refractivity contribution in [3.63, 3.8) is 0 Å². The molecule has 0 atom stereocenters. The van der Waals surface area contributed by atoms with Crippen molar-refractivity contribution in [3.05, 3.63) is 45.6 Å². The minimum absolute atomic E-state index is 0. The van der Waals surface area contributed by atoms with E-state index in [2.05, 4.69) is 81.4 Å². The van der Waals surface area contributed by atoms with Crippen LogP contribution in [-0.2, 0) is 46.4 Å². The maximum Gasteiger partial charge on any atom is 4.00 e. The van der Waals surface area contributed by atoms with Crippen molar-refractivity contribution in [2.24, 2.45) is 10.8 Å². The van der Waals surface area contributed by atoms with Crippen molar-refractivity contribution in [2.75, 3.05) is 0 Å². The van der Waals surface area contributed by atoms with Gasteiger partial charge in [-0.15, -0.1) is 13.8 Å². The van der Waals surface area contributed by atoms with Crippen LogP contribution in [0.15, 0.2) is 33.4 Å². The quantitative estimate of drug-likeness (QED) is 0.130. The average molecular weight is 660 g/mol. The molecule has 212 valence electrons. The number of allylic oxidation sites excluding steroid dienone is 8. The molecule has 0 aromatic rings. The fourth-order valence-corrected chi connectivity index (χ4v) is 2.81. The van der Waals surface area contributed by atoms with E-state index in [1.807, 2.05) is 0 Å². The molecule has 0 amide bonds. The van der Waals surface area contributed by atoms with Crippen LogP contribution in [0, 0.1) is 23.0 Å². The summed E-state index contributed by atoms with van der Waals surface area (Å²) >= 11 is 0. The molecule has 0 radical (unpaired) electrons. The molecule has 0 fully saturated rings. The first-order valence-electron chi connectivity index (χ1n) is 10.0. The molecule has 0 saturated heterocycles. The first kappa shape index (κ1) is 40.7. The molecule has 2 rings (SSSR count). The monoisotopic (exact) mass is 658 g/mol. The van der Waals surface area contributed by atoms with Crippen molar-refractivity contribution >= 4 is 20.2 Å². The van der Waals surface area contributed by atoms with Crippen LogP contribution in [0.25, 0.3) is 0 Å². The first-order chi connectivity index (χ1) is 15.4. The third-order valence-electron chi connectivity index (χ3n) is 5.69. The fourth-order valence-electron chi connectivity index (χ4n) is 2.81. The normalized spacial score (nSPS) is 18.8. The van der Waals surface area contributed by atoms with E-state index in [1.165, 1.54) is 33.4 Å². The summed E-state index contributed by atoms with van der Waals surface area (Å²) in [5, 5.41) is 0. The predicted molar refractivity (Wildman–Crippen MR) is 121 cm³/mol. The van der Waals surface area contributed by atoms with Crippen LogP contribution in [0.5, 0.6) is 0 Å². The second kappa shape index (κ2) is 13.5. The number of alkyl halides is 6. The van der Waals surface area contributed by atoms with Gasteiger partial charge in [0.15, 0.2) is 20.2 Å². The molecule has 0 spiro atoms. The number of halogens is 6. The first-order valence-corrected chi connectivity index (χ1v) is 12.9. The maximum atomic E-state index is 10.7. The van der Waals surface area contributed by atoms with Gasteiger partial charge in [-0.1, -0.05) is 66.2 Å². The van der Waals surface area contributed by atoms with Crippen LogP contribution in [0.3, 0.4) is 0 Å². The Balaban J connectivity index is -0.000000416. The van der Waals surface area contributed by atoms with Gasteiger partial charge in [0, 0.05) is 0 Å². The topological polar surface area (TPSA) is 114 Å². The number of hydrogen-bond acceptors (Lipinski definition) is 6. The van der Waals surface area contributed by atoms with Crippen LogP contribution in [0.2, 0.25) is 0 Å². The Labute approximate surface area is 234 Å². The molecule has 37 heavy (non-hydrogen) atoms. The molecule has 0 unspecified atom stereocenters. The van der Waals surface area contributed by atoms with Crippen LogP contribution in [0.4, 0.5) is 26.3 Å². The molecule has 0 aliphatic heterocycles. The summed E-state index contributed by atoms with van der Waals surface area (Å²) in [5.41, 5.74) is -2.50. The van der Waals surface area contributed by atoms with E-state index in [1.54, 1.807) is 0 Å². The Morgan fingerprint density at radius 1 is 0.595 bits per heavy atom. The second-order valence-corrected chi connectivity index (χ2v) is 11.8. The van der Waals surface area contributed by atoms with Gasteiger partial charge in [-0.25, -0.2) is 28.0 Å². The Morgan fingerprint density at radius 2 is 0.757 bits per heavy atom. The molecule has 15 heteroatoms. The summed E-state index contributed by atoms with van der Waals surface area (Å²) in [5.74, 6) is 0. The molecule has 0 bridgehead atoms. The Bertz CT molecular complexity index is 1060. The van der Waals surface area contributed by atoms with Crippen LogP contribution < -0.4 is 0 Å². The summed E-state index contributed by atoms with van der Waals surface area (Å²) in [6.07, 6.45) is 6.87. The molecule has 6 nitrogen and oxygen atoms in total. The minimum Gasteiger partial charge on any atom is -0.741 e. The summed E-state index contributed by atoms with van der Waals surface area (Å²) in [6, 6.07) is 0. The molecule has 0 aromatic heterocycles. The van der Waals surface area contributed by atoms with Gasteiger partial charge in [0.1, 0.15) is 0 Å². The van der Waals surface area contributed by atoms with Gasteiger partial charge in [-0.2, -0.15) is 48.6 Å². The summed E-state index contributed by atoms with van der Waals surface area (Å²) in [6.45, 7) is 21.8. The van der Waals surface area contributed by atoms with Gasteiger partial charge in [-0.3, -0.25) is 12.2 Å². The number of hydrogen-bond donors (Lipinski definition) is 0. The molecule has 2 aliphatic carbocycles. The van der Waals surface area contributed by atoms with Crippen LogP contribution in [0.1, 0.15) is 69.2 Å². The van der Waals surface area contributed by atoms with Gasteiger partial charge < -0.3 is 9.11 Å². The molecule has 2 aliphatic rings. The average Bonchev–Trinajstić information content (AvgIpc) is 2.90. The molecule has 0 N–H and O–H groups in total. The third-order valence-corrected chi connectivity index (χ3v) is 6.83. The van der Waals surface area contributed by atoms with Gasteiger partial charge >= 0.3 is 37.2 Å². The van der Waals surface area contributed by atoms with Gasteiger partial charge in [0.25, 0.3) is 0 Å². The SMILES string of the molecule is CC1=[C-]C(C)(C)C(C)=C1C.CC1=[C-]C(C)(C)C(C)=C1C.O=S(=O)([O-])C(F)(F)F.O=S(=O)([O-])C(F)(F)F.[Zr+4]. The third kappa shape index (κ3) is 12.8. The molecular formula is C22H30F6O6S2Zr. The predicted octanol–water partition coefficient (Wildman–Crippen LogP) is 6.32. The fraction of sp³-hybridized carbons (Fsp3) is 0.636. The van der Waals surface area contributed by atoms with E-state index in [-0.39, 0.29) is 37.0 Å². The van der Waals surface area contributed by atoms with Crippen molar-refractivity contribution in [3.8, 4) is 0 Å². The van der Waals surface area contributed by atoms with E-state index in [0.717, 1.165) is 0 Å². The van der Waals surface area contributed by atoms with Gasteiger partial charge in [0.05, 0.1) is 0 Å². The minimum atomic E-state index is -6.09. The Kier molecular flexibility index (Phi) is 14.9. The van der Waals surface area contributed by atoms with E-state index in [4.69, 9.17) is 25.9 Å². The van der Waals surface area contributed by atoms with E-state index < -0.39 is 31.3 Å². The Morgan fingerprint density at radius 3 is 0.784 bits per heavy atom. The molecular weight excluding hydrogens is 630 g/mol. The Hall–Kier alpha value is -0.757. The summed E-state index contributed by atoms with van der Waals surface area (Å²) < 4.78 is 118. The van der Waals surface area contributed by atoms with Crippen LogP contribution in [-0.4, -0.2) is 37.0 Å². The molecule has 0 saturated carbocycles.